The van der Waals surface area contributed by atoms with Crippen molar-refractivity contribution in [2.24, 2.45) is 0 Å². The number of allylic oxidation sites excluding steroid dienone is 9. The van der Waals surface area contributed by atoms with Gasteiger partial charge in [0.05, 0.1) is 0 Å². The first-order valence-electron chi connectivity index (χ1n) is 21.9. The van der Waals surface area contributed by atoms with Crippen molar-refractivity contribution in [2.75, 3.05) is 13.2 Å². The van der Waals surface area contributed by atoms with Gasteiger partial charge in [-0.25, -0.2) is 4.79 Å². The lowest BCUT2D eigenvalue weighted by Crippen LogP contribution is -2.30. The van der Waals surface area contributed by atoms with Crippen molar-refractivity contribution >= 4 is 17.9 Å². The number of esters is 3. The SMILES string of the molecule is CCCCCCCCC/C=C/C=C/C=C/C=C/C=C/C(=O)OC(COC(=O)CCCCCCCCCCC)COC(=O)CCCCCCCCCCC. The summed E-state index contributed by atoms with van der Waals surface area (Å²) in [6.45, 7) is 6.42. The van der Waals surface area contributed by atoms with Gasteiger partial charge in [-0.1, -0.05) is 217 Å². The summed E-state index contributed by atoms with van der Waals surface area (Å²) < 4.78 is 16.4. The Kier molecular flexibility index (Phi) is 39.6. The zero-order chi connectivity index (χ0) is 38.7. The molecule has 0 heterocycles. The van der Waals surface area contributed by atoms with E-state index in [1.54, 1.807) is 12.2 Å². The minimum absolute atomic E-state index is 0.139. The first-order chi connectivity index (χ1) is 26.0. The van der Waals surface area contributed by atoms with E-state index < -0.39 is 12.1 Å². The Morgan fingerprint density at radius 2 is 0.755 bits per heavy atom. The van der Waals surface area contributed by atoms with Gasteiger partial charge in [-0.3, -0.25) is 9.59 Å². The molecule has 53 heavy (non-hydrogen) atoms. The quantitative estimate of drug-likeness (QED) is 0.0206. The zero-order valence-corrected chi connectivity index (χ0v) is 34.5. The molecule has 0 saturated heterocycles. The molecule has 0 radical (unpaired) electrons. The first kappa shape index (κ1) is 50.1. The highest BCUT2D eigenvalue weighted by molar-refractivity contribution is 5.82. The second-order valence-electron chi connectivity index (χ2n) is 14.4. The first-order valence-corrected chi connectivity index (χ1v) is 21.9. The molecule has 6 heteroatoms. The fraction of sp³-hybridized carbons (Fsp3) is 0.723. The van der Waals surface area contributed by atoms with E-state index in [0.29, 0.717) is 12.8 Å². The molecule has 0 aromatic rings. The number of carbonyl (C=O) groups is 3. The average molecular weight is 741 g/mol. The maximum atomic E-state index is 12.6. The molecule has 0 bridgehead atoms. The van der Waals surface area contributed by atoms with Crippen molar-refractivity contribution in [1.82, 2.24) is 0 Å². The van der Waals surface area contributed by atoms with Gasteiger partial charge in [-0.05, 0) is 25.7 Å². The van der Waals surface area contributed by atoms with Gasteiger partial charge in [0.15, 0.2) is 6.10 Å². The van der Waals surface area contributed by atoms with E-state index in [9.17, 15) is 14.4 Å². The molecule has 0 spiro atoms. The normalized spacial score (nSPS) is 12.1. The molecular formula is C47H80O6. The largest absolute Gasteiger partial charge is 0.462 e. The van der Waals surface area contributed by atoms with Crippen LogP contribution in [0.1, 0.15) is 201 Å². The van der Waals surface area contributed by atoms with Crippen LogP contribution >= 0.6 is 0 Å². The molecule has 0 saturated carbocycles. The van der Waals surface area contributed by atoms with E-state index in [1.807, 2.05) is 30.4 Å². The smallest absolute Gasteiger partial charge is 0.331 e. The number of rotatable bonds is 38. The summed E-state index contributed by atoms with van der Waals surface area (Å²) in [5, 5.41) is 0. The van der Waals surface area contributed by atoms with Gasteiger partial charge < -0.3 is 14.2 Å². The van der Waals surface area contributed by atoms with Gasteiger partial charge in [0.25, 0.3) is 0 Å². The summed E-state index contributed by atoms with van der Waals surface area (Å²) in [7, 11) is 0. The lowest BCUT2D eigenvalue weighted by atomic mass is 10.1. The monoisotopic (exact) mass is 741 g/mol. The fourth-order valence-electron chi connectivity index (χ4n) is 5.91. The van der Waals surface area contributed by atoms with E-state index in [4.69, 9.17) is 14.2 Å². The Morgan fingerprint density at radius 3 is 1.17 bits per heavy atom. The molecule has 0 unspecified atom stereocenters. The van der Waals surface area contributed by atoms with Gasteiger partial charge in [-0.15, -0.1) is 0 Å². The molecule has 0 aliphatic rings. The molecule has 0 aromatic carbocycles. The number of hydrogen-bond donors (Lipinski definition) is 0. The van der Waals surface area contributed by atoms with Crippen molar-refractivity contribution < 1.29 is 28.6 Å². The molecule has 0 N–H and O–H groups in total. The third-order valence-corrected chi connectivity index (χ3v) is 9.23. The summed E-state index contributed by atoms with van der Waals surface area (Å²) in [4.78, 5) is 37.4. The molecule has 0 rings (SSSR count). The molecule has 304 valence electrons. The van der Waals surface area contributed by atoms with Crippen molar-refractivity contribution in [1.29, 1.82) is 0 Å². The summed E-state index contributed by atoms with van der Waals surface area (Å²) in [5.41, 5.74) is 0. The second-order valence-corrected chi connectivity index (χ2v) is 14.4. The zero-order valence-electron chi connectivity index (χ0n) is 34.5. The van der Waals surface area contributed by atoms with Gasteiger partial charge in [-0.2, -0.15) is 0 Å². The fourth-order valence-corrected chi connectivity index (χ4v) is 5.91. The van der Waals surface area contributed by atoms with Crippen LogP contribution in [0.15, 0.2) is 60.8 Å². The molecule has 0 aliphatic carbocycles. The number of ether oxygens (including phenoxy) is 3. The summed E-state index contributed by atoms with van der Waals surface area (Å²) in [6, 6.07) is 0. The highest BCUT2D eigenvalue weighted by Gasteiger charge is 2.18. The highest BCUT2D eigenvalue weighted by atomic mass is 16.6. The van der Waals surface area contributed by atoms with Crippen molar-refractivity contribution in [3.63, 3.8) is 0 Å². The standard InChI is InChI=1S/C47H80O6/c1-4-7-10-13-16-19-20-21-22-23-24-25-26-29-32-35-38-41-47(50)53-44(42-51-45(48)39-36-33-30-27-17-14-11-8-5-2)43-52-46(49)40-37-34-31-28-18-15-12-9-6-3/h22-26,29,32,35,38,41,44H,4-21,27-28,30-31,33-34,36-37,39-40,42-43H2,1-3H3/b23-22+,25-24+,29-26+,35-32+,41-38+. The summed E-state index contributed by atoms with van der Waals surface area (Å²) in [5.74, 6) is -1.23. The number of hydrogen-bond acceptors (Lipinski definition) is 6. The Morgan fingerprint density at radius 1 is 0.415 bits per heavy atom. The summed E-state index contributed by atoms with van der Waals surface area (Å²) >= 11 is 0. The lowest BCUT2D eigenvalue weighted by Gasteiger charge is -2.17. The van der Waals surface area contributed by atoms with Gasteiger partial charge in [0.2, 0.25) is 0 Å². The number of unbranched alkanes of at least 4 members (excludes halogenated alkanes) is 23. The lowest BCUT2D eigenvalue weighted by molar-refractivity contribution is -0.163. The van der Waals surface area contributed by atoms with Crippen LogP contribution in [-0.2, 0) is 28.6 Å². The predicted octanol–water partition coefficient (Wildman–Crippen LogP) is 13.7. The minimum atomic E-state index is -0.862. The van der Waals surface area contributed by atoms with E-state index in [2.05, 4.69) is 32.9 Å². The van der Waals surface area contributed by atoms with Crippen LogP contribution in [0.25, 0.3) is 0 Å². The van der Waals surface area contributed by atoms with Crippen molar-refractivity contribution in [3.05, 3.63) is 60.8 Å². The van der Waals surface area contributed by atoms with Crippen LogP contribution in [0, 0.1) is 0 Å². The third kappa shape index (κ3) is 40.1. The number of carbonyl (C=O) groups excluding carboxylic acids is 3. The van der Waals surface area contributed by atoms with Crippen molar-refractivity contribution in [2.45, 2.75) is 207 Å². The van der Waals surface area contributed by atoms with E-state index >= 15 is 0 Å². The third-order valence-electron chi connectivity index (χ3n) is 9.23. The predicted molar refractivity (Wildman–Crippen MR) is 224 cm³/mol. The molecule has 0 atom stereocenters. The van der Waals surface area contributed by atoms with Crippen LogP contribution in [0.4, 0.5) is 0 Å². The summed E-state index contributed by atoms with van der Waals surface area (Å²) in [6.07, 6.45) is 49.8. The Bertz CT molecular complexity index is 953. The average Bonchev–Trinajstić information content (AvgIpc) is 3.15. The van der Waals surface area contributed by atoms with Crippen LogP contribution in [0.5, 0.6) is 0 Å². The van der Waals surface area contributed by atoms with Gasteiger partial charge in [0, 0.05) is 18.9 Å². The van der Waals surface area contributed by atoms with E-state index in [1.165, 1.54) is 128 Å². The topological polar surface area (TPSA) is 78.9 Å². The van der Waals surface area contributed by atoms with Crippen LogP contribution in [0.2, 0.25) is 0 Å². The van der Waals surface area contributed by atoms with Crippen LogP contribution in [-0.4, -0.2) is 37.2 Å². The second kappa shape index (κ2) is 41.9. The molecular weight excluding hydrogens is 661 g/mol. The van der Waals surface area contributed by atoms with Crippen LogP contribution in [0.3, 0.4) is 0 Å². The molecule has 0 amide bonds. The Balaban J connectivity index is 4.59. The molecule has 6 nitrogen and oxygen atoms in total. The Labute approximate surface area is 326 Å². The maximum Gasteiger partial charge on any atom is 0.331 e. The van der Waals surface area contributed by atoms with Gasteiger partial charge in [0.1, 0.15) is 13.2 Å². The minimum Gasteiger partial charge on any atom is -0.462 e. The molecule has 0 fully saturated rings. The highest BCUT2D eigenvalue weighted by Crippen LogP contribution is 2.13. The van der Waals surface area contributed by atoms with E-state index in [-0.39, 0.29) is 25.2 Å². The van der Waals surface area contributed by atoms with Crippen LogP contribution < -0.4 is 0 Å². The van der Waals surface area contributed by atoms with Gasteiger partial charge >= 0.3 is 17.9 Å². The molecule has 0 aromatic heterocycles. The Hall–Kier alpha value is -2.89. The van der Waals surface area contributed by atoms with E-state index in [0.717, 1.165) is 44.9 Å². The molecule has 0 aliphatic heterocycles. The maximum absolute atomic E-state index is 12.6. The van der Waals surface area contributed by atoms with Crippen molar-refractivity contribution in [3.8, 4) is 0 Å².